The van der Waals surface area contributed by atoms with Crippen LogP contribution in [0.5, 0.6) is 11.5 Å². The Morgan fingerprint density at radius 2 is 2.12 bits per heavy atom. The van der Waals surface area contributed by atoms with Crippen LogP contribution in [0.25, 0.3) is 0 Å². The Morgan fingerprint density at radius 1 is 1.35 bits per heavy atom. The largest absolute Gasteiger partial charge is 0.872 e. The van der Waals surface area contributed by atoms with Crippen molar-refractivity contribution in [3.05, 3.63) is 23.8 Å². The molecule has 0 saturated heterocycles. The Morgan fingerprint density at radius 3 is 2.71 bits per heavy atom. The molecule has 17 heavy (non-hydrogen) atoms. The second-order valence-corrected chi connectivity index (χ2v) is 3.87. The van der Waals surface area contributed by atoms with E-state index in [9.17, 15) is 9.90 Å². The second-order valence-electron chi connectivity index (χ2n) is 3.87. The van der Waals surface area contributed by atoms with Gasteiger partial charge < -0.3 is 14.9 Å². The van der Waals surface area contributed by atoms with Crippen LogP contribution in [0, 0.1) is 0 Å². The molecule has 1 aromatic carbocycles. The average molecular weight is 237 g/mol. The van der Waals surface area contributed by atoms with E-state index in [4.69, 9.17) is 9.84 Å². The molecule has 0 radical (unpaired) electrons. The number of carboxylic acid groups (broad SMARTS) is 1. The number of ether oxygens (including phenoxy) is 1. The van der Waals surface area contributed by atoms with Crippen molar-refractivity contribution in [3.8, 4) is 11.5 Å². The molecule has 0 aliphatic heterocycles. The van der Waals surface area contributed by atoms with Crippen LogP contribution < -0.4 is 9.84 Å². The Bertz CT molecular complexity index is 374. The molecule has 1 N–H and O–H groups in total. The fourth-order valence-corrected chi connectivity index (χ4v) is 1.49. The molecule has 1 rings (SSSR count). The lowest BCUT2D eigenvalue weighted by atomic mass is 10.2. The molecule has 0 bridgehead atoms. The summed E-state index contributed by atoms with van der Waals surface area (Å²) in [6.07, 6.45) is 4.39. The van der Waals surface area contributed by atoms with Gasteiger partial charge in [-0.3, -0.25) is 0 Å². The molecular weight excluding hydrogens is 220 g/mol. The number of carboxylic acids is 1. The minimum absolute atomic E-state index is 0.219. The summed E-state index contributed by atoms with van der Waals surface area (Å²) in [6.45, 7) is 2.70. The molecule has 0 aromatic heterocycles. The SMILES string of the molecule is CCCCCCOc1ccc(C(=O)O)c([O-])c1. The van der Waals surface area contributed by atoms with Crippen molar-refractivity contribution in [3.63, 3.8) is 0 Å². The van der Waals surface area contributed by atoms with E-state index in [-0.39, 0.29) is 5.56 Å². The summed E-state index contributed by atoms with van der Waals surface area (Å²) in [5, 5.41) is 20.0. The summed E-state index contributed by atoms with van der Waals surface area (Å²) in [5.74, 6) is -1.27. The number of unbranched alkanes of at least 4 members (excludes halogenated alkanes) is 3. The first kappa shape index (κ1) is 13.4. The van der Waals surface area contributed by atoms with Crippen LogP contribution in [0.15, 0.2) is 18.2 Å². The van der Waals surface area contributed by atoms with Crippen LogP contribution in [-0.4, -0.2) is 17.7 Å². The van der Waals surface area contributed by atoms with Gasteiger partial charge in [0.2, 0.25) is 0 Å². The summed E-state index contributed by atoms with van der Waals surface area (Å²) in [4.78, 5) is 10.6. The molecule has 0 heterocycles. The third-order valence-corrected chi connectivity index (χ3v) is 2.45. The fraction of sp³-hybridized carbons (Fsp3) is 0.462. The van der Waals surface area contributed by atoms with Gasteiger partial charge in [0.15, 0.2) is 0 Å². The molecule has 0 amide bonds. The highest BCUT2D eigenvalue weighted by molar-refractivity contribution is 5.90. The molecule has 0 aliphatic rings. The Labute approximate surface area is 101 Å². The molecule has 94 valence electrons. The van der Waals surface area contributed by atoms with Gasteiger partial charge in [0.1, 0.15) is 5.75 Å². The molecule has 4 heteroatoms. The van der Waals surface area contributed by atoms with Gasteiger partial charge in [-0.2, -0.15) is 0 Å². The maximum absolute atomic E-state index is 11.4. The Hall–Kier alpha value is -1.71. The Kier molecular flexibility index (Phi) is 5.33. The predicted molar refractivity (Wildman–Crippen MR) is 62.5 cm³/mol. The van der Waals surface area contributed by atoms with Crippen LogP contribution in [0.1, 0.15) is 43.0 Å². The summed E-state index contributed by atoms with van der Waals surface area (Å²) in [6, 6.07) is 4.03. The third-order valence-electron chi connectivity index (χ3n) is 2.45. The van der Waals surface area contributed by atoms with Crippen LogP contribution >= 0.6 is 0 Å². The quantitative estimate of drug-likeness (QED) is 0.739. The van der Waals surface area contributed by atoms with E-state index in [1.807, 2.05) is 0 Å². The van der Waals surface area contributed by atoms with E-state index in [1.165, 1.54) is 24.6 Å². The Balaban J connectivity index is 2.45. The van der Waals surface area contributed by atoms with E-state index < -0.39 is 11.7 Å². The van der Waals surface area contributed by atoms with Gasteiger partial charge in [-0.25, -0.2) is 4.79 Å². The van der Waals surface area contributed by atoms with Crippen molar-refractivity contribution in [1.29, 1.82) is 0 Å². The van der Waals surface area contributed by atoms with E-state index in [2.05, 4.69) is 6.92 Å². The topological polar surface area (TPSA) is 69.6 Å². The third kappa shape index (κ3) is 4.34. The monoisotopic (exact) mass is 237 g/mol. The van der Waals surface area contributed by atoms with Crippen LogP contribution in [0.3, 0.4) is 0 Å². The second kappa shape index (κ2) is 6.78. The van der Waals surface area contributed by atoms with Gasteiger partial charge in [0.25, 0.3) is 0 Å². The van der Waals surface area contributed by atoms with Gasteiger partial charge in [-0.05, 0) is 24.6 Å². The number of rotatable bonds is 7. The zero-order chi connectivity index (χ0) is 12.7. The van der Waals surface area contributed by atoms with E-state index in [1.54, 1.807) is 0 Å². The average Bonchev–Trinajstić information content (AvgIpc) is 2.28. The lowest BCUT2D eigenvalue weighted by Gasteiger charge is -2.13. The lowest BCUT2D eigenvalue weighted by molar-refractivity contribution is -0.268. The smallest absolute Gasteiger partial charge is 0.335 e. The first-order chi connectivity index (χ1) is 8.15. The fourth-order valence-electron chi connectivity index (χ4n) is 1.49. The summed E-state index contributed by atoms with van der Waals surface area (Å²) < 4.78 is 5.38. The van der Waals surface area contributed by atoms with E-state index in [0.29, 0.717) is 12.4 Å². The number of hydrogen-bond acceptors (Lipinski definition) is 3. The highest BCUT2D eigenvalue weighted by atomic mass is 16.5. The molecule has 0 aliphatic carbocycles. The van der Waals surface area contributed by atoms with Gasteiger partial charge in [0, 0.05) is 0 Å². The van der Waals surface area contributed by atoms with Crippen molar-refractivity contribution in [2.75, 3.05) is 6.61 Å². The first-order valence-corrected chi connectivity index (χ1v) is 5.82. The van der Waals surface area contributed by atoms with E-state index >= 15 is 0 Å². The molecular formula is C13H17O4-. The standard InChI is InChI=1S/C13H18O4/c1-2-3-4-5-8-17-10-6-7-11(13(15)16)12(14)9-10/h6-7,9,14H,2-5,8H2,1H3,(H,15,16)/p-1. The van der Waals surface area contributed by atoms with Crippen LogP contribution in [0.2, 0.25) is 0 Å². The van der Waals surface area contributed by atoms with Gasteiger partial charge in [-0.1, -0.05) is 31.9 Å². The summed E-state index contributed by atoms with van der Waals surface area (Å²) >= 11 is 0. The minimum Gasteiger partial charge on any atom is -0.872 e. The molecule has 0 atom stereocenters. The number of benzene rings is 1. The number of hydrogen-bond donors (Lipinski definition) is 1. The van der Waals surface area contributed by atoms with Gasteiger partial charge in [0.05, 0.1) is 12.2 Å². The van der Waals surface area contributed by atoms with Crippen molar-refractivity contribution < 1.29 is 19.7 Å². The number of aromatic carboxylic acids is 1. The normalized spacial score (nSPS) is 10.2. The van der Waals surface area contributed by atoms with Crippen molar-refractivity contribution >= 4 is 5.97 Å². The zero-order valence-corrected chi connectivity index (χ0v) is 9.94. The summed E-state index contributed by atoms with van der Waals surface area (Å²) in [5.41, 5.74) is -0.219. The highest BCUT2D eigenvalue weighted by Gasteiger charge is 2.04. The molecule has 0 saturated carbocycles. The highest BCUT2D eigenvalue weighted by Crippen LogP contribution is 2.21. The molecule has 1 aromatic rings. The van der Waals surface area contributed by atoms with Crippen LogP contribution in [-0.2, 0) is 0 Å². The van der Waals surface area contributed by atoms with Crippen LogP contribution in [0.4, 0.5) is 0 Å². The molecule has 4 nitrogen and oxygen atoms in total. The van der Waals surface area contributed by atoms with Gasteiger partial charge in [-0.15, -0.1) is 0 Å². The maximum Gasteiger partial charge on any atom is 0.335 e. The molecule has 0 spiro atoms. The predicted octanol–water partition coefficient (Wildman–Crippen LogP) is 2.42. The van der Waals surface area contributed by atoms with Crippen molar-refractivity contribution in [2.45, 2.75) is 32.6 Å². The number of carbonyl (C=O) groups is 1. The zero-order valence-electron chi connectivity index (χ0n) is 9.94. The maximum atomic E-state index is 11.4. The van der Waals surface area contributed by atoms with Gasteiger partial charge >= 0.3 is 5.97 Å². The van der Waals surface area contributed by atoms with E-state index in [0.717, 1.165) is 19.3 Å². The molecule has 0 unspecified atom stereocenters. The minimum atomic E-state index is -1.20. The van der Waals surface area contributed by atoms with Crippen molar-refractivity contribution in [1.82, 2.24) is 0 Å². The summed E-state index contributed by atoms with van der Waals surface area (Å²) in [7, 11) is 0. The first-order valence-electron chi connectivity index (χ1n) is 5.82. The van der Waals surface area contributed by atoms with Crippen molar-refractivity contribution in [2.24, 2.45) is 0 Å². The molecule has 0 fully saturated rings. The lowest BCUT2D eigenvalue weighted by Crippen LogP contribution is -2.05.